The normalized spacial score (nSPS) is 11.5. The predicted octanol–water partition coefficient (Wildman–Crippen LogP) is 2.92. The Morgan fingerprint density at radius 2 is 2.11 bits per heavy atom. The van der Waals surface area contributed by atoms with Crippen LogP contribution < -0.4 is 0 Å². The maximum absolute atomic E-state index is 12.5. The van der Waals surface area contributed by atoms with Crippen molar-refractivity contribution in [2.24, 2.45) is 0 Å². The van der Waals surface area contributed by atoms with Crippen LogP contribution in [0.5, 0.6) is 0 Å². The molecule has 0 unspecified atom stereocenters. The molecule has 0 fully saturated rings. The number of aromatic nitrogens is 2. The van der Waals surface area contributed by atoms with Gasteiger partial charge in [0.15, 0.2) is 5.69 Å². The molecule has 18 heavy (non-hydrogen) atoms. The molecule has 8 heteroatoms. The van der Waals surface area contributed by atoms with Crippen molar-refractivity contribution in [2.45, 2.75) is 6.18 Å². The molecule has 1 N–H and O–H groups in total. The van der Waals surface area contributed by atoms with E-state index in [2.05, 4.69) is 9.97 Å². The number of carbonyl (C=O) groups is 1. The molecule has 0 spiro atoms. The van der Waals surface area contributed by atoms with E-state index in [1.54, 1.807) is 0 Å². The second-order valence-corrected chi connectivity index (χ2v) is 4.13. The van der Waals surface area contributed by atoms with E-state index < -0.39 is 17.7 Å². The number of nitrogens with zero attached hydrogens (tertiary/aromatic N) is 2. The van der Waals surface area contributed by atoms with Gasteiger partial charge in [-0.3, -0.25) is 4.98 Å². The summed E-state index contributed by atoms with van der Waals surface area (Å²) in [5, 5.41) is 10.1. The Labute approximate surface area is 103 Å². The lowest BCUT2D eigenvalue weighted by Gasteiger charge is -2.06. The first-order valence-electron chi connectivity index (χ1n) is 4.60. The summed E-state index contributed by atoms with van der Waals surface area (Å²) in [7, 11) is 0. The first kappa shape index (κ1) is 12.5. The van der Waals surface area contributed by atoms with E-state index in [1.165, 1.54) is 5.38 Å². The molecule has 0 bridgehead atoms. The predicted molar refractivity (Wildman–Crippen MR) is 57.3 cm³/mol. The van der Waals surface area contributed by atoms with Gasteiger partial charge in [-0.1, -0.05) is 0 Å². The Morgan fingerprint density at radius 3 is 2.67 bits per heavy atom. The summed E-state index contributed by atoms with van der Waals surface area (Å²) in [5.74, 6) is -1.23. The van der Waals surface area contributed by atoms with E-state index in [0.29, 0.717) is 0 Å². The number of rotatable bonds is 2. The van der Waals surface area contributed by atoms with Crippen LogP contribution in [0.25, 0.3) is 10.7 Å². The van der Waals surface area contributed by atoms with Gasteiger partial charge >= 0.3 is 12.1 Å². The third kappa shape index (κ3) is 2.48. The van der Waals surface area contributed by atoms with Crippen molar-refractivity contribution in [2.75, 3.05) is 0 Å². The minimum Gasteiger partial charge on any atom is -0.476 e. The maximum Gasteiger partial charge on any atom is 0.416 e. The second kappa shape index (κ2) is 4.37. The zero-order valence-electron chi connectivity index (χ0n) is 8.60. The lowest BCUT2D eigenvalue weighted by molar-refractivity contribution is -0.137. The van der Waals surface area contributed by atoms with Gasteiger partial charge in [0, 0.05) is 11.6 Å². The highest BCUT2D eigenvalue weighted by Crippen LogP contribution is 2.31. The second-order valence-electron chi connectivity index (χ2n) is 3.27. The Kier molecular flexibility index (Phi) is 3.04. The summed E-state index contributed by atoms with van der Waals surface area (Å²) in [6.45, 7) is 0. The molecule has 0 saturated carbocycles. The summed E-state index contributed by atoms with van der Waals surface area (Å²) in [6.07, 6.45) is -3.45. The van der Waals surface area contributed by atoms with Crippen LogP contribution in [0.1, 0.15) is 16.1 Å². The standard InChI is InChI=1S/C10H5F3N2O2S/c11-10(12,13)5-1-2-14-6(3-5)8-15-7(4-18-8)9(16)17/h1-4H,(H,16,17). The fourth-order valence-corrected chi connectivity index (χ4v) is 1.97. The quantitative estimate of drug-likeness (QED) is 0.914. The van der Waals surface area contributed by atoms with Gasteiger partial charge in [-0.05, 0) is 12.1 Å². The van der Waals surface area contributed by atoms with Crippen LogP contribution in [-0.2, 0) is 6.18 Å². The summed E-state index contributed by atoms with van der Waals surface area (Å²) in [5.41, 5.74) is -1.06. The average molecular weight is 274 g/mol. The minimum absolute atomic E-state index is 0.00215. The molecule has 0 aliphatic heterocycles. The number of pyridine rings is 1. The van der Waals surface area contributed by atoms with Gasteiger partial charge in [-0.15, -0.1) is 11.3 Å². The van der Waals surface area contributed by atoms with Gasteiger partial charge < -0.3 is 5.11 Å². The third-order valence-electron chi connectivity index (χ3n) is 2.03. The Morgan fingerprint density at radius 1 is 1.39 bits per heavy atom. The lowest BCUT2D eigenvalue weighted by atomic mass is 10.2. The molecule has 4 nitrogen and oxygen atoms in total. The summed E-state index contributed by atoms with van der Waals surface area (Å²) in [4.78, 5) is 18.1. The van der Waals surface area contributed by atoms with Gasteiger partial charge in [-0.2, -0.15) is 13.2 Å². The number of halogens is 3. The largest absolute Gasteiger partial charge is 0.476 e. The van der Waals surface area contributed by atoms with Crippen LogP contribution in [-0.4, -0.2) is 21.0 Å². The van der Waals surface area contributed by atoms with E-state index in [-0.39, 0.29) is 16.4 Å². The molecule has 0 amide bonds. The van der Waals surface area contributed by atoms with Gasteiger partial charge in [0.05, 0.1) is 11.3 Å². The summed E-state index contributed by atoms with van der Waals surface area (Å²) in [6, 6.07) is 1.68. The summed E-state index contributed by atoms with van der Waals surface area (Å²) < 4.78 is 37.4. The number of thiazole rings is 1. The smallest absolute Gasteiger partial charge is 0.416 e. The molecule has 0 radical (unpaired) electrons. The molecule has 0 aliphatic carbocycles. The Balaban J connectivity index is 2.41. The Bertz CT molecular complexity index is 595. The molecule has 0 aliphatic rings. The van der Waals surface area contributed by atoms with Crippen molar-refractivity contribution < 1.29 is 23.1 Å². The zero-order chi connectivity index (χ0) is 13.3. The number of carboxylic acid groups (broad SMARTS) is 1. The molecule has 0 aromatic carbocycles. The van der Waals surface area contributed by atoms with E-state index in [4.69, 9.17) is 5.11 Å². The van der Waals surface area contributed by atoms with Crippen LogP contribution in [0.2, 0.25) is 0 Å². The van der Waals surface area contributed by atoms with Crippen molar-refractivity contribution in [1.82, 2.24) is 9.97 Å². The van der Waals surface area contributed by atoms with Crippen molar-refractivity contribution >= 4 is 17.3 Å². The number of hydrogen-bond acceptors (Lipinski definition) is 4. The molecule has 2 heterocycles. The molecule has 0 saturated heterocycles. The van der Waals surface area contributed by atoms with Crippen molar-refractivity contribution in [3.63, 3.8) is 0 Å². The summed E-state index contributed by atoms with van der Waals surface area (Å²) >= 11 is 0.929. The molecule has 0 atom stereocenters. The van der Waals surface area contributed by atoms with E-state index in [1.807, 2.05) is 0 Å². The van der Waals surface area contributed by atoms with Crippen LogP contribution >= 0.6 is 11.3 Å². The Hall–Kier alpha value is -1.96. The fraction of sp³-hybridized carbons (Fsp3) is 0.100. The molecular weight excluding hydrogens is 269 g/mol. The van der Waals surface area contributed by atoms with Crippen molar-refractivity contribution in [3.05, 3.63) is 35.0 Å². The van der Waals surface area contributed by atoms with Crippen LogP contribution in [0, 0.1) is 0 Å². The average Bonchev–Trinajstić information content (AvgIpc) is 2.77. The number of carboxylic acids is 1. The number of hydrogen-bond donors (Lipinski definition) is 1. The van der Waals surface area contributed by atoms with Crippen molar-refractivity contribution in [1.29, 1.82) is 0 Å². The van der Waals surface area contributed by atoms with E-state index in [9.17, 15) is 18.0 Å². The van der Waals surface area contributed by atoms with Gasteiger partial charge in [0.2, 0.25) is 0 Å². The lowest BCUT2D eigenvalue weighted by Crippen LogP contribution is -2.05. The molecule has 2 rings (SSSR count). The number of aromatic carboxylic acids is 1. The number of alkyl halides is 3. The molecule has 2 aromatic rings. The SMILES string of the molecule is O=C(O)c1csc(-c2cc(C(F)(F)F)ccn2)n1. The molecule has 94 valence electrons. The zero-order valence-corrected chi connectivity index (χ0v) is 9.42. The highest BCUT2D eigenvalue weighted by Gasteiger charge is 2.31. The molecule has 2 aromatic heterocycles. The first-order valence-corrected chi connectivity index (χ1v) is 5.48. The molecular formula is C10H5F3N2O2S. The third-order valence-corrected chi connectivity index (χ3v) is 2.89. The minimum atomic E-state index is -4.47. The monoisotopic (exact) mass is 274 g/mol. The first-order chi connectivity index (χ1) is 8.38. The van der Waals surface area contributed by atoms with Crippen LogP contribution in [0.3, 0.4) is 0 Å². The fourth-order valence-electron chi connectivity index (χ4n) is 1.21. The van der Waals surface area contributed by atoms with Gasteiger partial charge in [0.1, 0.15) is 5.01 Å². The van der Waals surface area contributed by atoms with Crippen molar-refractivity contribution in [3.8, 4) is 10.7 Å². The highest BCUT2D eigenvalue weighted by atomic mass is 32.1. The van der Waals surface area contributed by atoms with Crippen LogP contribution in [0.4, 0.5) is 13.2 Å². The van der Waals surface area contributed by atoms with E-state index in [0.717, 1.165) is 29.7 Å². The van der Waals surface area contributed by atoms with Gasteiger partial charge in [-0.25, -0.2) is 9.78 Å². The maximum atomic E-state index is 12.5. The highest BCUT2D eigenvalue weighted by molar-refractivity contribution is 7.13. The van der Waals surface area contributed by atoms with Gasteiger partial charge in [0.25, 0.3) is 0 Å². The topological polar surface area (TPSA) is 63.1 Å². The van der Waals surface area contributed by atoms with E-state index >= 15 is 0 Å². The van der Waals surface area contributed by atoms with Crippen LogP contribution in [0.15, 0.2) is 23.7 Å².